The van der Waals surface area contributed by atoms with Gasteiger partial charge < -0.3 is 0 Å². The number of allylic oxidation sites excluding steroid dienone is 6. The van der Waals surface area contributed by atoms with E-state index in [2.05, 4.69) is 48.6 Å². The quantitative estimate of drug-likeness (QED) is 0.646. The highest BCUT2D eigenvalue weighted by molar-refractivity contribution is 5.58. The van der Waals surface area contributed by atoms with Crippen LogP contribution in [0.4, 0.5) is 0 Å². The van der Waals surface area contributed by atoms with Crippen molar-refractivity contribution in [3.05, 3.63) is 69.8 Å². The predicted octanol–water partition coefficient (Wildman–Crippen LogP) is 4.80. The Hall–Kier alpha value is -2.58. The fraction of sp³-hybridized carbons (Fsp3) is 0.364. The number of nitrogens with zero attached hydrogens (tertiary/aromatic N) is 2. The Balaban J connectivity index is 1.68. The lowest BCUT2D eigenvalue weighted by Crippen LogP contribution is -2.25. The molecule has 0 saturated carbocycles. The standard InChI is InChI=1S/C22H20N2/c23-13-21-19-12-18-6-2-4-16-9-7-15(8-10-16)3-1-5-17(19)11-20(18)22(21)14-24/h7-12,19-20H,1-6H2. The van der Waals surface area contributed by atoms with Gasteiger partial charge in [0, 0.05) is 11.8 Å². The van der Waals surface area contributed by atoms with Gasteiger partial charge in [-0.05, 0) is 49.7 Å². The molecule has 0 heterocycles. The number of hydrogen-bond acceptors (Lipinski definition) is 2. The van der Waals surface area contributed by atoms with Gasteiger partial charge in [-0.3, -0.25) is 0 Å². The summed E-state index contributed by atoms with van der Waals surface area (Å²) in [4.78, 5) is 0. The number of aryl methyl sites for hydroxylation is 2. The van der Waals surface area contributed by atoms with Crippen molar-refractivity contribution < 1.29 is 0 Å². The summed E-state index contributed by atoms with van der Waals surface area (Å²) in [7, 11) is 0. The van der Waals surface area contributed by atoms with Gasteiger partial charge in [0.15, 0.2) is 0 Å². The summed E-state index contributed by atoms with van der Waals surface area (Å²) >= 11 is 0. The van der Waals surface area contributed by atoms with Crippen LogP contribution < -0.4 is 0 Å². The molecule has 2 nitrogen and oxygen atoms in total. The van der Waals surface area contributed by atoms with Gasteiger partial charge in [0.25, 0.3) is 0 Å². The minimum atomic E-state index is 0.0496. The van der Waals surface area contributed by atoms with Crippen LogP contribution >= 0.6 is 0 Å². The largest absolute Gasteiger partial charge is 0.193 e. The van der Waals surface area contributed by atoms with E-state index < -0.39 is 0 Å². The number of hydrogen-bond donors (Lipinski definition) is 0. The lowest BCUT2D eigenvalue weighted by molar-refractivity contribution is 0.634. The second-order valence-electron chi connectivity index (χ2n) is 7.01. The summed E-state index contributed by atoms with van der Waals surface area (Å²) in [5.74, 6) is 0.0991. The smallest absolute Gasteiger partial charge is 0.0967 e. The van der Waals surface area contributed by atoms with E-state index in [0.29, 0.717) is 11.1 Å². The van der Waals surface area contributed by atoms with Gasteiger partial charge in [0.1, 0.15) is 0 Å². The molecule has 0 N–H and O–H groups in total. The van der Waals surface area contributed by atoms with Crippen molar-refractivity contribution in [2.45, 2.75) is 38.5 Å². The van der Waals surface area contributed by atoms with Crippen LogP contribution in [0.1, 0.15) is 36.8 Å². The summed E-state index contributed by atoms with van der Waals surface area (Å²) < 4.78 is 0. The third-order valence-electron chi connectivity index (χ3n) is 5.60. The van der Waals surface area contributed by atoms with Crippen LogP contribution in [0.3, 0.4) is 0 Å². The molecule has 0 fully saturated rings. The van der Waals surface area contributed by atoms with E-state index in [0.717, 1.165) is 38.5 Å². The van der Waals surface area contributed by atoms with Crippen molar-refractivity contribution in [3.8, 4) is 12.1 Å². The van der Waals surface area contributed by atoms with E-state index in [1.807, 2.05) is 0 Å². The Labute approximate surface area is 143 Å². The van der Waals surface area contributed by atoms with E-state index in [1.54, 1.807) is 0 Å². The van der Waals surface area contributed by atoms with Gasteiger partial charge in [-0.15, -0.1) is 0 Å². The Bertz CT molecular complexity index is 766. The average Bonchev–Trinajstić information content (AvgIpc) is 2.62. The fourth-order valence-corrected chi connectivity index (χ4v) is 4.33. The van der Waals surface area contributed by atoms with Gasteiger partial charge in [0.2, 0.25) is 0 Å². The van der Waals surface area contributed by atoms with E-state index in [1.165, 1.54) is 22.3 Å². The van der Waals surface area contributed by atoms with E-state index in [-0.39, 0.29) is 11.8 Å². The van der Waals surface area contributed by atoms with E-state index >= 15 is 0 Å². The zero-order valence-corrected chi connectivity index (χ0v) is 13.8. The van der Waals surface area contributed by atoms with Crippen LogP contribution in [0.2, 0.25) is 0 Å². The molecular formula is C22H20N2. The number of nitriles is 2. The molecule has 0 saturated heterocycles. The molecule has 7 aliphatic carbocycles. The normalized spacial score (nSPS) is 25.6. The Morgan fingerprint density at radius 1 is 0.667 bits per heavy atom. The summed E-state index contributed by atoms with van der Waals surface area (Å²) in [6, 6.07) is 13.7. The summed E-state index contributed by atoms with van der Waals surface area (Å²) in [5, 5.41) is 19.1. The Morgan fingerprint density at radius 2 is 1.08 bits per heavy atom. The first-order valence-corrected chi connectivity index (χ1v) is 8.83. The third kappa shape index (κ3) is 2.49. The minimum Gasteiger partial charge on any atom is -0.193 e. The van der Waals surface area contributed by atoms with Gasteiger partial charge >= 0.3 is 0 Å². The highest BCUT2D eigenvalue weighted by Crippen LogP contribution is 2.46. The molecular weight excluding hydrogens is 292 g/mol. The lowest BCUT2D eigenvalue weighted by atomic mass is 9.67. The van der Waals surface area contributed by atoms with Crippen LogP contribution in [0.25, 0.3) is 0 Å². The van der Waals surface area contributed by atoms with Crippen molar-refractivity contribution >= 4 is 0 Å². The van der Waals surface area contributed by atoms with Crippen molar-refractivity contribution in [2.24, 2.45) is 11.8 Å². The zero-order valence-electron chi connectivity index (χ0n) is 13.8. The summed E-state index contributed by atoms with van der Waals surface area (Å²) in [5.41, 5.74) is 6.85. The molecule has 24 heavy (non-hydrogen) atoms. The summed E-state index contributed by atoms with van der Waals surface area (Å²) in [6.45, 7) is 0. The maximum absolute atomic E-state index is 9.56. The number of rotatable bonds is 0. The second-order valence-corrected chi connectivity index (χ2v) is 7.01. The molecule has 0 radical (unpaired) electrons. The molecule has 0 aliphatic heterocycles. The van der Waals surface area contributed by atoms with Gasteiger partial charge in [-0.25, -0.2) is 0 Å². The molecule has 7 aliphatic rings. The van der Waals surface area contributed by atoms with Gasteiger partial charge in [-0.1, -0.05) is 47.6 Å². The molecule has 0 amide bonds. The van der Waals surface area contributed by atoms with Crippen molar-refractivity contribution in [1.29, 1.82) is 10.5 Å². The Morgan fingerprint density at radius 3 is 1.46 bits per heavy atom. The van der Waals surface area contributed by atoms with E-state index in [4.69, 9.17) is 0 Å². The maximum Gasteiger partial charge on any atom is 0.0967 e. The average molecular weight is 312 g/mol. The first kappa shape index (κ1) is 15.0. The molecule has 1 aromatic rings. The maximum atomic E-state index is 9.56. The molecule has 1 aromatic carbocycles. The second kappa shape index (κ2) is 6.14. The van der Waals surface area contributed by atoms with Crippen LogP contribution in [0.5, 0.6) is 0 Å². The molecule has 2 heteroatoms. The highest BCUT2D eigenvalue weighted by Gasteiger charge is 2.36. The fourth-order valence-electron chi connectivity index (χ4n) is 4.33. The van der Waals surface area contributed by atoms with Crippen molar-refractivity contribution in [3.63, 3.8) is 0 Å². The lowest BCUT2D eigenvalue weighted by Gasteiger charge is -2.35. The van der Waals surface area contributed by atoms with Crippen molar-refractivity contribution in [2.75, 3.05) is 0 Å². The minimum absolute atomic E-state index is 0.0496. The monoisotopic (exact) mass is 312 g/mol. The molecule has 0 spiro atoms. The molecule has 118 valence electrons. The predicted molar refractivity (Wildman–Crippen MR) is 93.7 cm³/mol. The molecule has 0 aromatic heterocycles. The molecule has 2 unspecified atom stereocenters. The molecule has 6 bridgehead atoms. The van der Waals surface area contributed by atoms with Gasteiger partial charge in [0.05, 0.1) is 23.3 Å². The topological polar surface area (TPSA) is 47.6 Å². The van der Waals surface area contributed by atoms with Crippen molar-refractivity contribution in [1.82, 2.24) is 0 Å². The molecule has 2 atom stereocenters. The Kier molecular flexibility index (Phi) is 3.83. The van der Waals surface area contributed by atoms with Crippen LogP contribution in [0.15, 0.2) is 58.7 Å². The van der Waals surface area contributed by atoms with Crippen LogP contribution in [0, 0.1) is 34.5 Å². The number of benzene rings is 1. The SMILES string of the molecule is N#CC1=C(C#N)C2C=C3CCCc4ccc(cc4)CCCC2=CC31. The third-order valence-corrected chi connectivity index (χ3v) is 5.60. The van der Waals surface area contributed by atoms with Gasteiger partial charge in [-0.2, -0.15) is 10.5 Å². The van der Waals surface area contributed by atoms with Crippen LogP contribution in [-0.4, -0.2) is 0 Å². The zero-order chi connectivity index (χ0) is 16.5. The van der Waals surface area contributed by atoms with E-state index in [9.17, 15) is 10.5 Å². The van der Waals surface area contributed by atoms with Crippen LogP contribution in [-0.2, 0) is 12.8 Å². The molecule has 8 rings (SSSR count). The highest BCUT2D eigenvalue weighted by atomic mass is 14.4. The first-order chi connectivity index (χ1) is 11.8. The first-order valence-electron chi connectivity index (χ1n) is 8.83. The summed E-state index contributed by atoms with van der Waals surface area (Å²) in [6.07, 6.45) is 10.9.